The molecule has 1 saturated heterocycles. The number of benzene rings is 3. The van der Waals surface area contributed by atoms with Crippen LogP contribution in [0.1, 0.15) is 28.3 Å². The Hall–Kier alpha value is -4.22. The van der Waals surface area contributed by atoms with E-state index in [4.69, 9.17) is 4.74 Å². The van der Waals surface area contributed by atoms with Crippen molar-refractivity contribution in [3.63, 3.8) is 0 Å². The maximum absolute atomic E-state index is 13.8. The zero-order valence-corrected chi connectivity index (χ0v) is 25.7. The lowest BCUT2D eigenvalue weighted by atomic mass is 9.68. The summed E-state index contributed by atoms with van der Waals surface area (Å²) in [6, 6.07) is 20.6. The summed E-state index contributed by atoms with van der Waals surface area (Å²) in [6.45, 7) is 1.81. The zero-order valence-electron chi connectivity index (χ0n) is 24.1. The van der Waals surface area contributed by atoms with Crippen LogP contribution >= 0.6 is 23.1 Å². The van der Waals surface area contributed by atoms with Gasteiger partial charge in [-0.15, -0.1) is 11.8 Å². The predicted octanol–water partition coefficient (Wildman–Crippen LogP) is 5.58. The van der Waals surface area contributed by atoms with Gasteiger partial charge in [-0.1, -0.05) is 35.6 Å². The number of aromatic nitrogens is 1. The molecule has 11 heteroatoms. The first kappa shape index (κ1) is 28.3. The van der Waals surface area contributed by atoms with Crippen LogP contribution < -0.4 is 19.8 Å². The Labute approximate surface area is 266 Å². The van der Waals surface area contributed by atoms with Gasteiger partial charge in [0.05, 0.1) is 22.5 Å². The number of amides is 3. The van der Waals surface area contributed by atoms with Gasteiger partial charge in [0.2, 0.25) is 11.8 Å². The van der Waals surface area contributed by atoms with E-state index in [0.29, 0.717) is 17.1 Å². The van der Waals surface area contributed by atoms with Gasteiger partial charge in [0.25, 0.3) is 5.91 Å². The SMILES string of the molecule is Cc1cccc(NC(=O)COc2ccc([C@@H]3c4sc(=O)[nH]c4S[C@@H]4[C@@H]5C[C@@H]([C@@H]6C(=O)N(c7ccc(F)cc7)C(=O)[C@@H]56)[C@H]34)cc2)c1. The van der Waals surface area contributed by atoms with Crippen molar-refractivity contribution in [3.8, 4) is 5.75 Å². The summed E-state index contributed by atoms with van der Waals surface area (Å²) in [5, 5.41) is 3.74. The van der Waals surface area contributed by atoms with Gasteiger partial charge in [-0.2, -0.15) is 0 Å². The maximum Gasteiger partial charge on any atom is 0.305 e. The molecule has 3 amide bonds. The Morgan fingerprint density at radius 1 is 1.00 bits per heavy atom. The molecule has 1 aromatic heterocycles. The van der Waals surface area contributed by atoms with Gasteiger partial charge in [0.1, 0.15) is 11.6 Å². The maximum atomic E-state index is 13.8. The number of ether oxygens (including phenoxy) is 1. The summed E-state index contributed by atoms with van der Waals surface area (Å²) < 4.78 is 19.4. The number of fused-ring (bicyclic) bond motifs is 9. The first-order chi connectivity index (χ1) is 21.8. The third-order valence-corrected chi connectivity index (χ3v) is 12.3. The van der Waals surface area contributed by atoms with E-state index in [1.165, 1.54) is 40.5 Å². The van der Waals surface area contributed by atoms with Crippen molar-refractivity contribution in [3.05, 3.63) is 104 Å². The minimum Gasteiger partial charge on any atom is -0.484 e. The van der Waals surface area contributed by atoms with Gasteiger partial charge in [-0.25, -0.2) is 4.39 Å². The van der Waals surface area contributed by atoms with Crippen LogP contribution in [0.25, 0.3) is 0 Å². The van der Waals surface area contributed by atoms with Crippen molar-refractivity contribution >= 4 is 52.2 Å². The van der Waals surface area contributed by atoms with E-state index >= 15 is 0 Å². The number of nitrogens with one attached hydrogen (secondary N) is 2. The number of aromatic amines is 1. The Balaban J connectivity index is 1.05. The summed E-state index contributed by atoms with van der Waals surface area (Å²) in [4.78, 5) is 57.7. The molecular weight excluding hydrogens is 614 g/mol. The summed E-state index contributed by atoms with van der Waals surface area (Å²) >= 11 is 2.83. The number of aryl methyl sites for hydroxylation is 1. The fourth-order valence-corrected chi connectivity index (χ4v) is 11.0. The molecule has 3 aromatic carbocycles. The van der Waals surface area contributed by atoms with Gasteiger partial charge in [-0.3, -0.25) is 24.1 Å². The molecule has 0 radical (unpaired) electrons. The number of imide groups is 1. The number of carbonyl (C=O) groups is 3. The lowest BCUT2D eigenvalue weighted by Crippen LogP contribution is -2.42. The highest BCUT2D eigenvalue weighted by atomic mass is 32.2. The number of halogens is 1. The van der Waals surface area contributed by atoms with Crippen molar-refractivity contribution in [2.24, 2.45) is 29.6 Å². The van der Waals surface area contributed by atoms with Crippen LogP contribution in [-0.4, -0.2) is 34.6 Å². The number of nitrogens with zero attached hydrogens (tertiary/aromatic N) is 1. The highest BCUT2D eigenvalue weighted by Gasteiger charge is 2.69. The Kier molecular flexibility index (Phi) is 6.72. The molecule has 228 valence electrons. The van der Waals surface area contributed by atoms with Crippen molar-refractivity contribution in [2.45, 2.75) is 29.5 Å². The molecule has 0 spiro atoms. The third-order valence-electron chi connectivity index (χ3n) is 9.72. The number of hydrogen-bond acceptors (Lipinski definition) is 7. The van der Waals surface area contributed by atoms with Crippen molar-refractivity contribution in [2.75, 3.05) is 16.8 Å². The number of thiazole rings is 1. The first-order valence-electron chi connectivity index (χ1n) is 14.9. The Morgan fingerprint density at radius 2 is 1.73 bits per heavy atom. The molecule has 2 saturated carbocycles. The second-order valence-corrected chi connectivity index (χ2v) is 14.4. The van der Waals surface area contributed by atoms with E-state index in [9.17, 15) is 23.6 Å². The van der Waals surface area contributed by atoms with Crippen LogP contribution in [0.3, 0.4) is 0 Å². The van der Waals surface area contributed by atoms with Crippen LogP contribution in [-0.2, 0) is 14.4 Å². The molecule has 2 aliphatic carbocycles. The minimum absolute atomic E-state index is 0.00882. The molecule has 3 heterocycles. The summed E-state index contributed by atoms with van der Waals surface area (Å²) in [5.74, 6) is -1.55. The van der Waals surface area contributed by atoms with Gasteiger partial charge >= 0.3 is 4.87 Å². The third kappa shape index (κ3) is 4.63. The summed E-state index contributed by atoms with van der Waals surface area (Å²) in [6.07, 6.45) is 0.777. The van der Waals surface area contributed by atoms with Crippen molar-refractivity contribution in [1.29, 1.82) is 0 Å². The Morgan fingerprint density at radius 3 is 2.47 bits per heavy atom. The van der Waals surface area contributed by atoms with Crippen LogP contribution in [0.15, 0.2) is 82.6 Å². The van der Waals surface area contributed by atoms with Crippen LogP contribution in [0.4, 0.5) is 15.8 Å². The lowest BCUT2D eigenvalue weighted by Gasteiger charge is -2.43. The van der Waals surface area contributed by atoms with E-state index in [2.05, 4.69) is 10.3 Å². The van der Waals surface area contributed by atoms with Crippen LogP contribution in [0, 0.1) is 42.3 Å². The summed E-state index contributed by atoms with van der Waals surface area (Å²) in [5.41, 5.74) is 3.15. The molecule has 2 bridgehead atoms. The highest BCUT2D eigenvalue weighted by Crippen LogP contribution is 2.68. The molecule has 0 unspecified atom stereocenters. The van der Waals surface area contributed by atoms with Crippen LogP contribution in [0.5, 0.6) is 5.75 Å². The number of carbonyl (C=O) groups excluding carboxylic acids is 3. The first-order valence-corrected chi connectivity index (χ1v) is 16.6. The molecule has 4 aliphatic rings. The predicted molar refractivity (Wildman–Crippen MR) is 169 cm³/mol. The van der Waals surface area contributed by atoms with E-state index < -0.39 is 17.7 Å². The highest BCUT2D eigenvalue weighted by molar-refractivity contribution is 8.00. The normalized spacial score (nSPS) is 27.7. The molecular formula is C34H28FN3O5S2. The fraction of sp³-hybridized carbons (Fsp3) is 0.294. The fourth-order valence-electron chi connectivity index (χ4n) is 8.07. The van der Waals surface area contributed by atoms with Gasteiger partial charge < -0.3 is 15.0 Å². The van der Waals surface area contributed by atoms with Crippen molar-refractivity contribution in [1.82, 2.24) is 4.98 Å². The minimum atomic E-state index is -0.441. The van der Waals surface area contributed by atoms with Gasteiger partial charge in [0.15, 0.2) is 6.61 Å². The second-order valence-electron chi connectivity index (χ2n) is 12.2. The van der Waals surface area contributed by atoms with E-state index in [1.54, 1.807) is 11.8 Å². The molecule has 2 N–H and O–H groups in total. The molecule has 7 atom stereocenters. The molecule has 4 aromatic rings. The van der Waals surface area contributed by atoms with Gasteiger partial charge in [-0.05, 0) is 90.8 Å². The monoisotopic (exact) mass is 641 g/mol. The molecule has 2 aliphatic heterocycles. The largest absolute Gasteiger partial charge is 0.484 e. The van der Waals surface area contributed by atoms with Crippen LogP contribution in [0.2, 0.25) is 0 Å². The second kappa shape index (κ2) is 10.7. The number of H-pyrrole nitrogens is 1. The van der Waals surface area contributed by atoms with Crippen molar-refractivity contribution < 1.29 is 23.5 Å². The smallest absolute Gasteiger partial charge is 0.305 e. The average Bonchev–Trinajstić information content (AvgIpc) is 3.76. The number of hydrogen-bond donors (Lipinski definition) is 2. The number of rotatable bonds is 6. The molecule has 45 heavy (non-hydrogen) atoms. The van der Waals surface area contributed by atoms with E-state index in [0.717, 1.165) is 27.5 Å². The van der Waals surface area contributed by atoms with E-state index in [1.807, 2.05) is 55.5 Å². The average molecular weight is 642 g/mol. The zero-order chi connectivity index (χ0) is 31.0. The molecule has 8 rings (SSSR count). The lowest BCUT2D eigenvalue weighted by molar-refractivity contribution is -0.123. The standard InChI is InChI=1S/C34H28FN3O5S2/c1-16-3-2-4-19(13-16)36-24(39)15-43-21-11-5-17(6-12-21)25-26-22-14-23(29(26)44-31-30(25)45-34(42)37-31)28-27(22)32(40)38(33(28)41)20-9-7-18(35)8-10-20/h2-13,22-23,25-29H,14-15H2,1H3,(H,36,39)(H,37,42)/t22-,23-,25+,26-,27+,28+,29-/m1/s1. The quantitative estimate of drug-likeness (QED) is 0.266. The molecule has 8 nitrogen and oxygen atoms in total. The van der Waals surface area contributed by atoms with E-state index in [-0.39, 0.29) is 58.1 Å². The Bertz CT molecular complexity index is 1910. The summed E-state index contributed by atoms with van der Waals surface area (Å²) in [7, 11) is 0. The molecule has 3 fully saturated rings. The van der Waals surface area contributed by atoms with Gasteiger partial charge in [0, 0.05) is 21.7 Å². The number of anilines is 2. The number of thioether (sulfide) groups is 1. The topological polar surface area (TPSA) is 109 Å².